The van der Waals surface area contributed by atoms with Crippen molar-refractivity contribution in [3.63, 3.8) is 0 Å². The first-order valence-electron chi connectivity index (χ1n) is 26.4. The van der Waals surface area contributed by atoms with Gasteiger partial charge in [-0.25, -0.2) is 0 Å². The number of hydrogen-bond donors (Lipinski definition) is 0. The normalized spacial score (nSPS) is 18.9. The zero-order chi connectivity index (χ0) is 46.7. The molecule has 5 aliphatic carbocycles. The second-order valence-electron chi connectivity index (χ2n) is 22.1. The van der Waals surface area contributed by atoms with Crippen molar-refractivity contribution in [1.82, 2.24) is 0 Å². The minimum atomic E-state index is 0.576. The Kier molecular flexibility index (Phi) is 17.4. The molecule has 0 nitrogen and oxygen atoms in total. The van der Waals surface area contributed by atoms with Crippen molar-refractivity contribution < 1.29 is 0 Å². The van der Waals surface area contributed by atoms with E-state index >= 15 is 0 Å². The van der Waals surface area contributed by atoms with Crippen molar-refractivity contribution in [1.29, 1.82) is 0 Å². The minimum Gasteiger partial charge on any atom is -0.0625 e. The predicted octanol–water partition coefficient (Wildman–Crippen LogP) is 18.1. The highest BCUT2D eigenvalue weighted by Crippen LogP contribution is 2.48. The van der Waals surface area contributed by atoms with E-state index in [1.54, 1.807) is 44.5 Å². The van der Waals surface area contributed by atoms with Crippen LogP contribution in [0, 0.1) is 41.4 Å². The van der Waals surface area contributed by atoms with Crippen molar-refractivity contribution in [2.24, 2.45) is 41.4 Å². The van der Waals surface area contributed by atoms with Crippen LogP contribution in [0.15, 0.2) is 146 Å². The van der Waals surface area contributed by atoms with E-state index in [9.17, 15) is 0 Å². The monoisotopic (exact) mass is 877 g/mol. The Balaban J connectivity index is 0.000000123. The van der Waals surface area contributed by atoms with Crippen LogP contribution in [0.3, 0.4) is 0 Å². The van der Waals surface area contributed by atoms with Gasteiger partial charge in [0.25, 0.3) is 0 Å². The van der Waals surface area contributed by atoms with Crippen LogP contribution in [0.5, 0.6) is 0 Å². The van der Waals surface area contributed by atoms with Gasteiger partial charge in [0.1, 0.15) is 0 Å². The Morgan fingerprint density at radius 1 is 0.303 bits per heavy atom. The van der Waals surface area contributed by atoms with Gasteiger partial charge in [-0.1, -0.05) is 215 Å². The van der Waals surface area contributed by atoms with Crippen LogP contribution in [0.2, 0.25) is 0 Å². The number of rotatable bonds is 5. The highest BCUT2D eigenvalue weighted by atomic mass is 14.3. The summed E-state index contributed by atoms with van der Waals surface area (Å²) in [6.45, 7) is 23.3. The van der Waals surface area contributed by atoms with Gasteiger partial charge in [0.05, 0.1) is 0 Å². The van der Waals surface area contributed by atoms with Gasteiger partial charge in [0.2, 0.25) is 0 Å². The second kappa shape index (κ2) is 23.4. The largest absolute Gasteiger partial charge is 0.0625 e. The predicted molar refractivity (Wildman–Crippen MR) is 287 cm³/mol. The summed E-state index contributed by atoms with van der Waals surface area (Å²) >= 11 is 0. The number of aryl methyl sites for hydroxylation is 3. The number of fused-ring (bicyclic) bond motifs is 7. The van der Waals surface area contributed by atoms with Gasteiger partial charge in [-0.2, -0.15) is 0 Å². The van der Waals surface area contributed by atoms with Crippen molar-refractivity contribution in [3.8, 4) is 11.1 Å². The molecular weight excluding hydrogens is 793 g/mol. The van der Waals surface area contributed by atoms with E-state index in [1.165, 1.54) is 86.5 Å². The lowest BCUT2D eigenvalue weighted by Gasteiger charge is -2.28. The molecule has 6 aromatic carbocycles. The van der Waals surface area contributed by atoms with Gasteiger partial charge in [-0.3, -0.25) is 0 Å². The Hall–Kier alpha value is -4.68. The Bertz CT molecular complexity index is 2350. The Morgan fingerprint density at radius 3 is 1.14 bits per heavy atom. The summed E-state index contributed by atoms with van der Waals surface area (Å²) < 4.78 is 0. The molecule has 3 atom stereocenters. The molecule has 0 radical (unpaired) electrons. The maximum Gasteiger partial charge on any atom is 0.0125 e. The Labute approximate surface area is 403 Å². The summed E-state index contributed by atoms with van der Waals surface area (Å²) in [7, 11) is 0. The van der Waals surface area contributed by atoms with Crippen LogP contribution < -0.4 is 0 Å². The molecule has 0 amide bonds. The zero-order valence-corrected chi connectivity index (χ0v) is 42.7. The zero-order valence-electron chi connectivity index (χ0n) is 42.7. The summed E-state index contributed by atoms with van der Waals surface area (Å²) in [6, 6.07) is 53.3. The molecule has 6 aromatic rings. The lowest BCUT2D eigenvalue weighted by Crippen LogP contribution is -2.18. The molecule has 0 bridgehead atoms. The molecule has 0 heterocycles. The number of benzene rings is 6. The molecular formula is C66H84. The fourth-order valence-electron chi connectivity index (χ4n) is 12.0. The van der Waals surface area contributed by atoms with Crippen molar-refractivity contribution in [2.45, 2.75) is 151 Å². The lowest BCUT2D eigenvalue weighted by atomic mass is 9.77. The SMILES string of the molecule is CC(C)C1CCCc2ccccc21.CC(C)C1CCc2ccccc21.CC(C)C1CCc2ccccc2C1.CC(C)C1Cc2ccccc2C1.CC(C)C1c2ccccc2-c2ccccc21. The average molecular weight is 877 g/mol. The lowest BCUT2D eigenvalue weighted by molar-refractivity contribution is 0.343. The molecule has 0 aliphatic heterocycles. The molecule has 66 heavy (non-hydrogen) atoms. The van der Waals surface area contributed by atoms with Crippen LogP contribution >= 0.6 is 0 Å². The van der Waals surface area contributed by atoms with Crippen LogP contribution in [0.1, 0.15) is 168 Å². The maximum absolute atomic E-state index is 2.35. The Morgan fingerprint density at radius 2 is 0.667 bits per heavy atom. The highest BCUT2D eigenvalue weighted by Gasteiger charge is 2.30. The van der Waals surface area contributed by atoms with Gasteiger partial charge in [-0.15, -0.1) is 0 Å². The van der Waals surface area contributed by atoms with E-state index in [0.29, 0.717) is 11.8 Å². The first kappa shape index (κ1) is 49.2. The third kappa shape index (κ3) is 12.1. The second-order valence-corrected chi connectivity index (χ2v) is 22.1. The van der Waals surface area contributed by atoms with Gasteiger partial charge in [0.15, 0.2) is 0 Å². The van der Waals surface area contributed by atoms with E-state index in [4.69, 9.17) is 0 Å². The summed E-state index contributed by atoms with van der Waals surface area (Å²) in [5.41, 5.74) is 18.6. The summed E-state index contributed by atoms with van der Waals surface area (Å²) in [5, 5.41) is 0. The van der Waals surface area contributed by atoms with Gasteiger partial charge < -0.3 is 0 Å². The average Bonchev–Trinajstić information content (AvgIpc) is 4.07. The molecule has 0 saturated carbocycles. The van der Waals surface area contributed by atoms with Crippen LogP contribution in [-0.4, -0.2) is 0 Å². The number of hydrogen-bond acceptors (Lipinski definition) is 0. The topological polar surface area (TPSA) is 0 Å². The minimum absolute atomic E-state index is 0.576. The van der Waals surface area contributed by atoms with E-state index in [1.807, 2.05) is 0 Å². The molecule has 0 N–H and O–H groups in total. The summed E-state index contributed by atoms with van der Waals surface area (Å²) in [4.78, 5) is 0. The molecule has 0 saturated heterocycles. The van der Waals surface area contributed by atoms with Crippen LogP contribution in [0.25, 0.3) is 11.1 Å². The summed E-state index contributed by atoms with van der Waals surface area (Å²) in [6.07, 6.45) is 13.3. The van der Waals surface area contributed by atoms with Crippen molar-refractivity contribution in [2.75, 3.05) is 0 Å². The quantitative estimate of drug-likeness (QED) is 0.162. The summed E-state index contributed by atoms with van der Waals surface area (Å²) in [5.74, 6) is 7.93. The third-order valence-electron chi connectivity index (χ3n) is 16.1. The molecule has 0 fully saturated rings. The smallest absolute Gasteiger partial charge is 0.0125 e. The molecule has 11 rings (SSSR count). The van der Waals surface area contributed by atoms with Gasteiger partial charge in [0, 0.05) is 5.92 Å². The first-order chi connectivity index (χ1) is 31.9. The first-order valence-corrected chi connectivity index (χ1v) is 26.4. The molecule has 0 spiro atoms. The molecule has 0 aromatic heterocycles. The molecule has 3 unspecified atom stereocenters. The van der Waals surface area contributed by atoms with Gasteiger partial charge >= 0.3 is 0 Å². The fourth-order valence-corrected chi connectivity index (χ4v) is 12.0. The van der Waals surface area contributed by atoms with Crippen LogP contribution in [0.4, 0.5) is 0 Å². The van der Waals surface area contributed by atoms with E-state index in [-0.39, 0.29) is 0 Å². The van der Waals surface area contributed by atoms with E-state index in [2.05, 4.69) is 215 Å². The maximum atomic E-state index is 2.35. The molecule has 0 heteroatoms. The fraction of sp³-hybridized carbons (Fsp3) is 0.455. The molecule has 5 aliphatic rings. The van der Waals surface area contributed by atoms with E-state index < -0.39 is 0 Å². The van der Waals surface area contributed by atoms with Gasteiger partial charge in [-0.05, 0) is 184 Å². The highest BCUT2D eigenvalue weighted by molar-refractivity contribution is 5.78. The van der Waals surface area contributed by atoms with Crippen LogP contribution in [-0.2, 0) is 38.5 Å². The van der Waals surface area contributed by atoms with Crippen molar-refractivity contribution >= 4 is 0 Å². The van der Waals surface area contributed by atoms with Crippen molar-refractivity contribution in [3.05, 3.63) is 201 Å². The standard InChI is InChI=1S/C16H16.2C13H18.2C12H16/c1-11(2)16-14-9-5-3-7-12(14)13-8-4-6-10-15(13)16;1-10(2)12-9-5-7-11-6-3-4-8-13(11)12;1-10(2)12-8-7-11-5-3-4-6-13(11)9-12;1-9(2)12-7-10-5-3-4-6-11(10)8-12;1-9(2)11-8-7-10-5-3-4-6-12(10)11/h3-11,16H,1-2H3;3-4,6,8,10,12H,5,7,9H2,1-2H3;3-6,10,12H,7-9H2,1-2H3;3-6,9,12H,7-8H2,1-2H3;3-6,9,11H,7-8H2,1-2H3. The third-order valence-corrected chi connectivity index (χ3v) is 16.1. The molecule has 348 valence electrons. The van der Waals surface area contributed by atoms with E-state index in [0.717, 1.165) is 47.3 Å².